The van der Waals surface area contributed by atoms with Gasteiger partial charge in [-0.25, -0.2) is 0 Å². The van der Waals surface area contributed by atoms with Crippen molar-refractivity contribution in [1.29, 1.82) is 0 Å². The van der Waals surface area contributed by atoms with Crippen molar-refractivity contribution in [2.45, 2.75) is 44.1 Å². The molecule has 110 valence electrons. The number of hydrogen-bond donors (Lipinski definition) is 1. The lowest BCUT2D eigenvalue weighted by Crippen LogP contribution is -2.38. The first-order valence-corrected chi connectivity index (χ1v) is 8.29. The van der Waals surface area contributed by atoms with Gasteiger partial charge in [0, 0.05) is 24.0 Å². The highest BCUT2D eigenvalue weighted by Crippen LogP contribution is 2.30. The first-order chi connectivity index (χ1) is 9.74. The number of rotatable bonds is 6. The average Bonchev–Trinajstić information content (AvgIpc) is 2.87. The van der Waals surface area contributed by atoms with E-state index in [4.69, 9.17) is 4.74 Å². The van der Waals surface area contributed by atoms with Gasteiger partial charge in [-0.05, 0) is 36.3 Å². The predicted octanol–water partition coefficient (Wildman–Crippen LogP) is 3.24. The fourth-order valence-corrected chi connectivity index (χ4v) is 3.92. The van der Waals surface area contributed by atoms with Crippen LogP contribution in [0.3, 0.4) is 0 Å². The number of nitrogens with one attached hydrogen (secondary N) is 1. The number of thioether (sulfide) groups is 1. The molecule has 0 saturated heterocycles. The van der Waals surface area contributed by atoms with Crippen LogP contribution in [0.15, 0.2) is 24.3 Å². The molecule has 0 radical (unpaired) electrons. The van der Waals surface area contributed by atoms with Gasteiger partial charge in [0.2, 0.25) is 0 Å². The summed E-state index contributed by atoms with van der Waals surface area (Å²) in [5, 5.41) is 3.77. The van der Waals surface area contributed by atoms with Gasteiger partial charge in [-0.1, -0.05) is 25.5 Å². The van der Waals surface area contributed by atoms with Crippen LogP contribution in [0.25, 0.3) is 0 Å². The quantitative estimate of drug-likeness (QED) is 0.875. The molecule has 1 fully saturated rings. The van der Waals surface area contributed by atoms with E-state index in [1.54, 1.807) is 7.11 Å². The van der Waals surface area contributed by atoms with Crippen molar-refractivity contribution >= 4 is 17.7 Å². The van der Waals surface area contributed by atoms with Crippen molar-refractivity contribution in [1.82, 2.24) is 5.32 Å². The van der Waals surface area contributed by atoms with E-state index in [9.17, 15) is 4.79 Å². The van der Waals surface area contributed by atoms with Crippen LogP contribution >= 0.6 is 11.8 Å². The van der Waals surface area contributed by atoms with Crippen LogP contribution in [-0.2, 0) is 11.3 Å². The smallest absolute Gasteiger partial charge is 0.251 e. The summed E-state index contributed by atoms with van der Waals surface area (Å²) in [5.41, 5.74) is 1.76. The topological polar surface area (TPSA) is 38.3 Å². The van der Waals surface area contributed by atoms with Crippen LogP contribution in [0.1, 0.15) is 42.1 Å². The summed E-state index contributed by atoms with van der Waals surface area (Å²) in [4.78, 5) is 12.3. The third-order valence-electron chi connectivity index (χ3n) is 3.65. The minimum atomic E-state index is 0.0385. The van der Waals surface area contributed by atoms with E-state index >= 15 is 0 Å². The molecule has 2 atom stereocenters. The van der Waals surface area contributed by atoms with Gasteiger partial charge >= 0.3 is 0 Å². The first-order valence-electron chi connectivity index (χ1n) is 7.25. The fourth-order valence-electron chi connectivity index (χ4n) is 2.73. The second-order valence-corrected chi connectivity index (χ2v) is 6.65. The molecule has 2 rings (SSSR count). The van der Waals surface area contributed by atoms with Crippen molar-refractivity contribution in [2.75, 3.05) is 12.9 Å². The lowest BCUT2D eigenvalue weighted by atomic mass is 10.1. The van der Waals surface area contributed by atoms with Crippen LogP contribution in [0.5, 0.6) is 0 Å². The first kappa shape index (κ1) is 15.4. The van der Waals surface area contributed by atoms with Gasteiger partial charge in [0.15, 0.2) is 0 Å². The van der Waals surface area contributed by atoms with Crippen molar-refractivity contribution in [2.24, 2.45) is 0 Å². The van der Waals surface area contributed by atoms with E-state index in [1.165, 1.54) is 12.8 Å². The molecule has 0 aromatic heterocycles. The Balaban J connectivity index is 1.98. The Hall–Kier alpha value is -1.00. The molecule has 0 spiro atoms. The van der Waals surface area contributed by atoms with Crippen molar-refractivity contribution in [3.8, 4) is 0 Å². The number of hydrogen-bond acceptors (Lipinski definition) is 3. The summed E-state index contributed by atoms with van der Waals surface area (Å²) >= 11 is 1.96. The SMILES string of the molecule is CCS[C@H]1CCC[C@@H]1NC(=O)c1cccc(COC)c1. The number of ether oxygens (including phenoxy) is 1. The molecule has 1 N–H and O–H groups in total. The molecule has 1 amide bonds. The maximum Gasteiger partial charge on any atom is 0.251 e. The molecular weight excluding hydrogens is 270 g/mol. The minimum Gasteiger partial charge on any atom is -0.380 e. The van der Waals surface area contributed by atoms with E-state index in [-0.39, 0.29) is 5.91 Å². The third-order valence-corrected chi connectivity index (χ3v) is 4.98. The Morgan fingerprint density at radius 1 is 1.45 bits per heavy atom. The average molecular weight is 293 g/mol. The van der Waals surface area contributed by atoms with Crippen molar-refractivity contribution in [3.05, 3.63) is 35.4 Å². The maximum absolute atomic E-state index is 12.3. The van der Waals surface area contributed by atoms with E-state index in [2.05, 4.69) is 12.2 Å². The molecular formula is C16H23NO2S. The van der Waals surface area contributed by atoms with Gasteiger partial charge in [-0.2, -0.15) is 11.8 Å². The Bertz CT molecular complexity index is 450. The molecule has 0 unspecified atom stereocenters. The Morgan fingerprint density at radius 3 is 3.05 bits per heavy atom. The Labute approximate surface area is 125 Å². The zero-order valence-corrected chi connectivity index (χ0v) is 13.0. The second-order valence-electron chi connectivity index (χ2n) is 5.14. The molecule has 1 saturated carbocycles. The van der Waals surface area contributed by atoms with Gasteiger partial charge in [0.1, 0.15) is 0 Å². The van der Waals surface area contributed by atoms with E-state index < -0.39 is 0 Å². The number of carbonyl (C=O) groups excluding carboxylic acids is 1. The highest BCUT2D eigenvalue weighted by molar-refractivity contribution is 7.99. The number of amides is 1. The molecule has 0 heterocycles. The second kappa shape index (κ2) is 7.70. The lowest BCUT2D eigenvalue weighted by molar-refractivity contribution is 0.0938. The lowest BCUT2D eigenvalue weighted by Gasteiger charge is -2.20. The molecule has 4 heteroatoms. The third kappa shape index (κ3) is 4.00. The van der Waals surface area contributed by atoms with Gasteiger partial charge in [-0.15, -0.1) is 0 Å². The van der Waals surface area contributed by atoms with Crippen LogP contribution in [0.4, 0.5) is 0 Å². The molecule has 1 aliphatic carbocycles. The Kier molecular flexibility index (Phi) is 5.92. The van der Waals surface area contributed by atoms with E-state index in [0.717, 1.165) is 23.3 Å². The summed E-state index contributed by atoms with van der Waals surface area (Å²) in [6.07, 6.45) is 3.53. The number of methoxy groups -OCH3 is 1. The molecule has 1 aromatic carbocycles. The maximum atomic E-state index is 12.3. The summed E-state index contributed by atoms with van der Waals surface area (Å²) in [7, 11) is 1.66. The van der Waals surface area contributed by atoms with Gasteiger partial charge in [0.25, 0.3) is 5.91 Å². The van der Waals surface area contributed by atoms with Crippen molar-refractivity contribution in [3.63, 3.8) is 0 Å². The summed E-state index contributed by atoms with van der Waals surface area (Å²) in [6.45, 7) is 2.72. The molecule has 1 aromatic rings. The zero-order valence-electron chi connectivity index (χ0n) is 12.2. The van der Waals surface area contributed by atoms with Gasteiger partial charge in [-0.3, -0.25) is 4.79 Å². The molecule has 20 heavy (non-hydrogen) atoms. The van der Waals surface area contributed by atoms with Crippen LogP contribution in [-0.4, -0.2) is 30.1 Å². The Morgan fingerprint density at radius 2 is 2.30 bits per heavy atom. The van der Waals surface area contributed by atoms with E-state index in [1.807, 2.05) is 36.0 Å². The van der Waals surface area contributed by atoms with Crippen LogP contribution < -0.4 is 5.32 Å². The van der Waals surface area contributed by atoms with Crippen LogP contribution in [0, 0.1) is 0 Å². The molecule has 3 nitrogen and oxygen atoms in total. The van der Waals surface area contributed by atoms with Crippen molar-refractivity contribution < 1.29 is 9.53 Å². The fraction of sp³-hybridized carbons (Fsp3) is 0.562. The summed E-state index contributed by atoms with van der Waals surface area (Å²) in [5.74, 6) is 1.15. The minimum absolute atomic E-state index is 0.0385. The molecule has 0 bridgehead atoms. The number of benzene rings is 1. The largest absolute Gasteiger partial charge is 0.380 e. The van der Waals surface area contributed by atoms with Gasteiger partial charge < -0.3 is 10.1 Å². The predicted molar refractivity (Wildman–Crippen MR) is 84.2 cm³/mol. The molecule has 0 aliphatic heterocycles. The van der Waals surface area contributed by atoms with Gasteiger partial charge in [0.05, 0.1) is 6.61 Å². The monoisotopic (exact) mass is 293 g/mol. The zero-order chi connectivity index (χ0) is 14.4. The normalized spacial score (nSPS) is 21.9. The summed E-state index contributed by atoms with van der Waals surface area (Å²) < 4.78 is 5.11. The highest BCUT2D eigenvalue weighted by Gasteiger charge is 2.28. The highest BCUT2D eigenvalue weighted by atomic mass is 32.2. The standard InChI is InChI=1S/C16H23NO2S/c1-3-20-15-9-5-8-14(15)17-16(18)13-7-4-6-12(10-13)11-19-2/h4,6-7,10,14-15H,3,5,8-9,11H2,1-2H3,(H,17,18)/t14-,15-/m0/s1. The molecule has 1 aliphatic rings. The van der Waals surface area contributed by atoms with E-state index in [0.29, 0.717) is 17.9 Å². The number of carbonyl (C=O) groups is 1. The van der Waals surface area contributed by atoms with Crippen LogP contribution in [0.2, 0.25) is 0 Å². The summed E-state index contributed by atoms with van der Waals surface area (Å²) in [6, 6.07) is 7.99.